The minimum Gasteiger partial charge on any atom is -0.304 e. The van der Waals surface area contributed by atoms with Crippen LogP contribution in [0.5, 0.6) is 0 Å². The molecule has 0 amide bonds. The Morgan fingerprint density at radius 1 is 1.00 bits per heavy atom. The molecule has 106 valence electrons. The second kappa shape index (κ2) is 6.38. The number of hydrogen-bond acceptors (Lipinski definition) is 1. The van der Waals surface area contributed by atoms with Gasteiger partial charge in [-0.05, 0) is 55.7 Å². The standard InChI is InChI=1S/C17H19ClFN/c1-11-7-8-15(10-17(11)19)13(3)20-12(2)14-5-4-6-16(18)9-14/h4-10,12-13,20H,1-3H3. The van der Waals surface area contributed by atoms with Gasteiger partial charge in [-0.2, -0.15) is 0 Å². The van der Waals surface area contributed by atoms with E-state index in [0.29, 0.717) is 5.56 Å². The van der Waals surface area contributed by atoms with Gasteiger partial charge in [0.05, 0.1) is 0 Å². The van der Waals surface area contributed by atoms with Crippen LogP contribution in [0.4, 0.5) is 4.39 Å². The van der Waals surface area contributed by atoms with Crippen LogP contribution < -0.4 is 5.32 Å². The van der Waals surface area contributed by atoms with Crippen LogP contribution in [0.1, 0.15) is 42.6 Å². The first kappa shape index (κ1) is 15.0. The molecule has 2 aromatic carbocycles. The van der Waals surface area contributed by atoms with Crippen molar-refractivity contribution >= 4 is 11.6 Å². The average molecular weight is 292 g/mol. The largest absolute Gasteiger partial charge is 0.304 e. The molecule has 0 aliphatic rings. The first-order valence-electron chi connectivity index (χ1n) is 6.75. The Morgan fingerprint density at radius 3 is 2.25 bits per heavy atom. The predicted molar refractivity (Wildman–Crippen MR) is 82.6 cm³/mol. The van der Waals surface area contributed by atoms with E-state index in [4.69, 9.17) is 11.6 Å². The zero-order valence-corrected chi connectivity index (χ0v) is 12.7. The van der Waals surface area contributed by atoms with E-state index in [1.165, 1.54) is 0 Å². The van der Waals surface area contributed by atoms with E-state index in [9.17, 15) is 4.39 Å². The van der Waals surface area contributed by atoms with Gasteiger partial charge in [-0.3, -0.25) is 0 Å². The minimum atomic E-state index is -0.161. The molecule has 0 saturated heterocycles. The number of benzene rings is 2. The second-order valence-electron chi connectivity index (χ2n) is 5.17. The molecule has 1 N–H and O–H groups in total. The van der Waals surface area contributed by atoms with Crippen LogP contribution in [-0.2, 0) is 0 Å². The van der Waals surface area contributed by atoms with E-state index >= 15 is 0 Å². The predicted octanol–water partition coefficient (Wildman–Crippen LogP) is 5.20. The monoisotopic (exact) mass is 291 g/mol. The SMILES string of the molecule is Cc1ccc(C(C)NC(C)c2cccc(Cl)c2)cc1F. The summed E-state index contributed by atoms with van der Waals surface area (Å²) in [7, 11) is 0. The van der Waals surface area contributed by atoms with Crippen molar-refractivity contribution in [2.45, 2.75) is 32.9 Å². The summed E-state index contributed by atoms with van der Waals surface area (Å²) >= 11 is 6.00. The third kappa shape index (κ3) is 3.59. The maximum absolute atomic E-state index is 13.6. The van der Waals surface area contributed by atoms with Crippen LogP contribution in [0, 0.1) is 12.7 Å². The van der Waals surface area contributed by atoms with Gasteiger partial charge in [-0.25, -0.2) is 4.39 Å². The zero-order valence-electron chi connectivity index (χ0n) is 12.0. The van der Waals surface area contributed by atoms with E-state index in [1.807, 2.05) is 43.3 Å². The van der Waals surface area contributed by atoms with Gasteiger partial charge in [0.15, 0.2) is 0 Å². The fourth-order valence-electron chi connectivity index (χ4n) is 2.22. The van der Waals surface area contributed by atoms with Gasteiger partial charge in [0.25, 0.3) is 0 Å². The summed E-state index contributed by atoms with van der Waals surface area (Å²) in [5, 5.41) is 4.19. The molecule has 0 heterocycles. The molecule has 0 aromatic heterocycles. The highest BCUT2D eigenvalue weighted by Gasteiger charge is 2.12. The van der Waals surface area contributed by atoms with Crippen LogP contribution in [-0.4, -0.2) is 0 Å². The fourth-order valence-corrected chi connectivity index (χ4v) is 2.42. The van der Waals surface area contributed by atoms with Crippen molar-refractivity contribution in [3.05, 3.63) is 70.0 Å². The lowest BCUT2D eigenvalue weighted by Gasteiger charge is -2.21. The van der Waals surface area contributed by atoms with Gasteiger partial charge in [0.2, 0.25) is 0 Å². The highest BCUT2D eigenvalue weighted by atomic mass is 35.5. The Balaban J connectivity index is 2.10. The Morgan fingerprint density at radius 2 is 1.65 bits per heavy atom. The highest BCUT2D eigenvalue weighted by molar-refractivity contribution is 6.30. The Bertz CT molecular complexity index is 597. The lowest BCUT2D eigenvalue weighted by Crippen LogP contribution is -2.22. The lowest BCUT2D eigenvalue weighted by molar-refractivity contribution is 0.491. The molecule has 0 spiro atoms. The Labute approximate surface area is 124 Å². The van der Waals surface area contributed by atoms with E-state index in [2.05, 4.69) is 12.2 Å². The summed E-state index contributed by atoms with van der Waals surface area (Å²) in [6, 6.07) is 13.4. The van der Waals surface area contributed by atoms with Crippen LogP contribution >= 0.6 is 11.6 Å². The molecule has 0 radical (unpaired) electrons. The molecule has 2 rings (SSSR count). The molecule has 0 saturated carbocycles. The third-order valence-electron chi connectivity index (χ3n) is 3.54. The highest BCUT2D eigenvalue weighted by Crippen LogP contribution is 2.22. The van der Waals surface area contributed by atoms with E-state index < -0.39 is 0 Å². The molecule has 2 unspecified atom stereocenters. The van der Waals surface area contributed by atoms with Crippen LogP contribution in [0.2, 0.25) is 5.02 Å². The number of hydrogen-bond donors (Lipinski definition) is 1. The maximum Gasteiger partial charge on any atom is 0.126 e. The minimum absolute atomic E-state index is 0.0686. The average Bonchev–Trinajstić information content (AvgIpc) is 2.41. The normalized spacial score (nSPS) is 14.1. The van der Waals surface area contributed by atoms with Gasteiger partial charge < -0.3 is 5.32 Å². The van der Waals surface area contributed by atoms with E-state index in [0.717, 1.165) is 16.1 Å². The molecule has 0 fully saturated rings. The topological polar surface area (TPSA) is 12.0 Å². The maximum atomic E-state index is 13.6. The van der Waals surface area contributed by atoms with Crippen molar-refractivity contribution in [1.29, 1.82) is 0 Å². The third-order valence-corrected chi connectivity index (χ3v) is 3.78. The zero-order chi connectivity index (χ0) is 14.7. The van der Waals surface area contributed by atoms with E-state index in [1.54, 1.807) is 13.0 Å². The van der Waals surface area contributed by atoms with Crippen molar-refractivity contribution in [3.63, 3.8) is 0 Å². The van der Waals surface area contributed by atoms with Gasteiger partial charge >= 0.3 is 0 Å². The van der Waals surface area contributed by atoms with Gasteiger partial charge in [0.1, 0.15) is 5.82 Å². The molecule has 1 nitrogen and oxygen atoms in total. The molecule has 0 bridgehead atoms. The van der Waals surface area contributed by atoms with Gasteiger partial charge in [-0.15, -0.1) is 0 Å². The molecular formula is C17H19ClFN. The fraction of sp³-hybridized carbons (Fsp3) is 0.294. The summed E-state index contributed by atoms with van der Waals surface area (Å²) in [5.41, 5.74) is 2.74. The van der Waals surface area contributed by atoms with Gasteiger partial charge in [-0.1, -0.05) is 35.9 Å². The smallest absolute Gasteiger partial charge is 0.126 e. The van der Waals surface area contributed by atoms with Crippen molar-refractivity contribution in [3.8, 4) is 0 Å². The van der Waals surface area contributed by atoms with Crippen molar-refractivity contribution in [2.24, 2.45) is 0 Å². The molecule has 0 aliphatic heterocycles. The lowest BCUT2D eigenvalue weighted by atomic mass is 10.0. The second-order valence-corrected chi connectivity index (χ2v) is 5.61. The first-order valence-corrected chi connectivity index (χ1v) is 7.12. The number of aryl methyl sites for hydroxylation is 1. The molecule has 3 heteroatoms. The number of halogens is 2. The van der Waals surface area contributed by atoms with Gasteiger partial charge in [0, 0.05) is 17.1 Å². The van der Waals surface area contributed by atoms with E-state index in [-0.39, 0.29) is 17.9 Å². The van der Waals surface area contributed by atoms with Crippen molar-refractivity contribution in [1.82, 2.24) is 5.32 Å². The summed E-state index contributed by atoms with van der Waals surface area (Å²) < 4.78 is 13.6. The summed E-state index contributed by atoms with van der Waals surface area (Å²) in [5.74, 6) is -0.161. The number of rotatable bonds is 4. The van der Waals surface area contributed by atoms with Crippen LogP contribution in [0.3, 0.4) is 0 Å². The van der Waals surface area contributed by atoms with Crippen LogP contribution in [0.15, 0.2) is 42.5 Å². The first-order chi connectivity index (χ1) is 9.47. The Hall–Kier alpha value is -1.38. The van der Waals surface area contributed by atoms with Crippen molar-refractivity contribution < 1.29 is 4.39 Å². The number of nitrogens with one attached hydrogen (secondary N) is 1. The molecule has 20 heavy (non-hydrogen) atoms. The van der Waals surface area contributed by atoms with Crippen LogP contribution in [0.25, 0.3) is 0 Å². The molecule has 2 atom stereocenters. The molecule has 0 aliphatic carbocycles. The Kier molecular flexibility index (Phi) is 4.79. The van der Waals surface area contributed by atoms with Crippen molar-refractivity contribution in [2.75, 3.05) is 0 Å². The molecule has 2 aromatic rings. The quantitative estimate of drug-likeness (QED) is 0.816. The summed E-state index contributed by atoms with van der Waals surface area (Å²) in [6.07, 6.45) is 0. The molecular weight excluding hydrogens is 273 g/mol. The summed E-state index contributed by atoms with van der Waals surface area (Å²) in [6.45, 7) is 5.88. The summed E-state index contributed by atoms with van der Waals surface area (Å²) in [4.78, 5) is 0.